The number of carbonyl (C=O) groups excluding carboxylic acids is 2. The van der Waals surface area contributed by atoms with E-state index in [0.29, 0.717) is 12.8 Å². The van der Waals surface area contributed by atoms with Crippen LogP contribution in [0.5, 0.6) is 5.75 Å². The van der Waals surface area contributed by atoms with Crippen LogP contribution in [0.15, 0.2) is 48.5 Å². The lowest BCUT2D eigenvalue weighted by atomic mass is 9.93. The molecule has 2 aromatic rings. The van der Waals surface area contributed by atoms with Crippen LogP contribution in [-0.4, -0.2) is 46.8 Å². The highest BCUT2D eigenvalue weighted by molar-refractivity contribution is 7.81. The summed E-state index contributed by atoms with van der Waals surface area (Å²) in [4.78, 5) is 38.1. The molecule has 188 valence electrons. The summed E-state index contributed by atoms with van der Waals surface area (Å²) in [7, 11) is 1.61. The second-order valence-electron chi connectivity index (χ2n) is 9.46. The number of amides is 2. The fraction of sp³-hybridized carbons (Fsp3) is 0.444. The van der Waals surface area contributed by atoms with Gasteiger partial charge in [-0.25, -0.2) is 4.79 Å². The van der Waals surface area contributed by atoms with Crippen LogP contribution in [-0.2, 0) is 20.8 Å². The minimum absolute atomic E-state index is 0.00425. The third-order valence-electron chi connectivity index (χ3n) is 6.55. The van der Waals surface area contributed by atoms with Crippen LogP contribution in [0.4, 0.5) is 0 Å². The second kappa shape index (κ2) is 11.6. The summed E-state index contributed by atoms with van der Waals surface area (Å²) in [5.74, 6) is -1.12. The predicted octanol–water partition coefficient (Wildman–Crippen LogP) is 3.86. The number of aliphatic carboxylic acids is 1. The van der Waals surface area contributed by atoms with Crippen LogP contribution in [0.3, 0.4) is 0 Å². The second-order valence-corrected chi connectivity index (χ2v) is 10.0. The molecule has 0 aromatic heterocycles. The van der Waals surface area contributed by atoms with Gasteiger partial charge in [-0.05, 0) is 47.6 Å². The van der Waals surface area contributed by atoms with E-state index in [0.717, 1.165) is 35.3 Å². The Morgan fingerprint density at radius 2 is 1.71 bits per heavy atom. The van der Waals surface area contributed by atoms with Crippen LogP contribution < -0.4 is 15.4 Å². The Bertz CT molecular complexity index is 1050. The molecule has 1 aliphatic carbocycles. The third-order valence-corrected chi connectivity index (χ3v) is 7.38. The van der Waals surface area contributed by atoms with Gasteiger partial charge in [0.2, 0.25) is 11.8 Å². The molecule has 35 heavy (non-hydrogen) atoms. The number of thiol groups is 1. The SMILES string of the molecule is COc1ccc(-c2cccc(C[C@H](NC(=O)C3(NC(=O)[C@@H](S)C(C)C)CCCC3)C(=O)O)c2)cc1. The van der Waals surface area contributed by atoms with Gasteiger partial charge >= 0.3 is 5.97 Å². The number of ether oxygens (including phenoxy) is 1. The number of carboxylic acid groups (broad SMARTS) is 1. The average Bonchev–Trinajstić information content (AvgIpc) is 3.32. The largest absolute Gasteiger partial charge is 0.497 e. The van der Waals surface area contributed by atoms with E-state index in [1.807, 2.05) is 62.4 Å². The molecule has 3 N–H and O–H groups in total. The van der Waals surface area contributed by atoms with Crippen molar-refractivity contribution in [1.29, 1.82) is 0 Å². The van der Waals surface area contributed by atoms with Gasteiger partial charge in [-0.15, -0.1) is 0 Å². The van der Waals surface area contributed by atoms with Gasteiger partial charge in [0.05, 0.1) is 12.4 Å². The zero-order chi connectivity index (χ0) is 25.6. The molecule has 0 heterocycles. The number of carbonyl (C=O) groups is 3. The van der Waals surface area contributed by atoms with Crippen LogP contribution >= 0.6 is 12.6 Å². The van der Waals surface area contributed by atoms with Crippen molar-refractivity contribution in [3.05, 3.63) is 54.1 Å². The van der Waals surface area contributed by atoms with Gasteiger partial charge in [0, 0.05) is 6.42 Å². The maximum absolute atomic E-state index is 13.3. The molecule has 0 aliphatic heterocycles. The highest BCUT2D eigenvalue weighted by atomic mass is 32.1. The molecule has 7 nitrogen and oxygen atoms in total. The fourth-order valence-corrected chi connectivity index (χ4v) is 4.46. The van der Waals surface area contributed by atoms with E-state index in [9.17, 15) is 19.5 Å². The van der Waals surface area contributed by atoms with E-state index in [4.69, 9.17) is 4.74 Å². The van der Waals surface area contributed by atoms with Crippen molar-refractivity contribution in [3.63, 3.8) is 0 Å². The summed E-state index contributed by atoms with van der Waals surface area (Å²) < 4.78 is 5.21. The molecule has 1 aliphatic rings. The first-order valence-corrected chi connectivity index (χ1v) is 12.4. The molecule has 8 heteroatoms. The van der Waals surface area contributed by atoms with Gasteiger partial charge in [-0.3, -0.25) is 9.59 Å². The molecule has 2 atom stereocenters. The summed E-state index contributed by atoms with van der Waals surface area (Å²) in [6.45, 7) is 3.78. The number of nitrogens with one attached hydrogen (secondary N) is 2. The Hall–Kier alpha value is -3.00. The van der Waals surface area contributed by atoms with Gasteiger partial charge in [-0.1, -0.05) is 63.1 Å². The number of carboxylic acids is 1. The predicted molar refractivity (Wildman–Crippen MR) is 139 cm³/mol. The maximum Gasteiger partial charge on any atom is 0.326 e. The molecule has 0 spiro atoms. The summed E-state index contributed by atoms with van der Waals surface area (Å²) in [5, 5.41) is 14.9. The Morgan fingerprint density at radius 3 is 2.29 bits per heavy atom. The molecule has 0 unspecified atom stereocenters. The summed E-state index contributed by atoms with van der Waals surface area (Å²) in [5.41, 5.74) is 1.59. The summed E-state index contributed by atoms with van der Waals surface area (Å²) in [6.07, 6.45) is 2.64. The molecule has 1 fully saturated rings. The van der Waals surface area contributed by atoms with Crippen LogP contribution in [0, 0.1) is 5.92 Å². The smallest absolute Gasteiger partial charge is 0.326 e. The van der Waals surface area contributed by atoms with Crippen LogP contribution in [0.25, 0.3) is 11.1 Å². The molecule has 2 aromatic carbocycles. The lowest BCUT2D eigenvalue weighted by Gasteiger charge is -2.32. The van der Waals surface area contributed by atoms with Gasteiger partial charge in [0.1, 0.15) is 17.3 Å². The Labute approximate surface area is 212 Å². The van der Waals surface area contributed by atoms with Crippen molar-refractivity contribution >= 4 is 30.4 Å². The first-order valence-electron chi connectivity index (χ1n) is 11.9. The van der Waals surface area contributed by atoms with Crippen molar-refractivity contribution in [2.75, 3.05) is 7.11 Å². The highest BCUT2D eigenvalue weighted by Crippen LogP contribution is 2.31. The molecule has 3 rings (SSSR count). The molecule has 0 bridgehead atoms. The average molecular weight is 499 g/mol. The van der Waals surface area contributed by atoms with E-state index < -0.39 is 28.7 Å². The van der Waals surface area contributed by atoms with Gasteiger partial charge < -0.3 is 20.5 Å². The maximum atomic E-state index is 13.3. The summed E-state index contributed by atoms with van der Waals surface area (Å²) in [6, 6.07) is 14.1. The number of rotatable bonds is 10. The lowest BCUT2D eigenvalue weighted by molar-refractivity contribution is -0.143. The van der Waals surface area contributed by atoms with E-state index >= 15 is 0 Å². The number of benzene rings is 2. The number of hydrogen-bond donors (Lipinski definition) is 4. The third kappa shape index (κ3) is 6.57. The minimum atomic E-state index is -1.13. The molecule has 0 saturated heterocycles. The zero-order valence-electron chi connectivity index (χ0n) is 20.4. The Kier molecular flexibility index (Phi) is 8.83. The highest BCUT2D eigenvalue weighted by Gasteiger charge is 2.44. The van der Waals surface area contributed by atoms with Gasteiger partial charge in [0.25, 0.3) is 0 Å². The Morgan fingerprint density at radius 1 is 1.06 bits per heavy atom. The summed E-state index contributed by atoms with van der Waals surface area (Å²) >= 11 is 4.37. The molecular weight excluding hydrogens is 464 g/mol. The topological polar surface area (TPSA) is 105 Å². The Balaban J connectivity index is 1.75. The molecule has 1 saturated carbocycles. The van der Waals surface area contributed by atoms with Gasteiger partial charge in [-0.2, -0.15) is 12.6 Å². The van der Waals surface area contributed by atoms with E-state index in [1.54, 1.807) is 7.11 Å². The number of hydrogen-bond acceptors (Lipinski definition) is 5. The van der Waals surface area contributed by atoms with Crippen LogP contribution in [0.1, 0.15) is 45.1 Å². The molecule has 0 radical (unpaired) electrons. The van der Waals surface area contributed by atoms with E-state index in [-0.39, 0.29) is 18.2 Å². The van der Waals surface area contributed by atoms with Crippen molar-refractivity contribution in [2.45, 2.75) is 62.8 Å². The van der Waals surface area contributed by atoms with Crippen LogP contribution in [0.2, 0.25) is 0 Å². The molecular formula is C27H34N2O5S. The molecule has 2 amide bonds. The van der Waals surface area contributed by atoms with E-state index in [1.165, 1.54) is 0 Å². The standard InChI is InChI=1S/C27H34N2O5S/c1-17(2)23(35)24(30)29-27(13-4-5-14-27)26(33)28-22(25(31)32)16-18-7-6-8-20(15-18)19-9-11-21(34-3)12-10-19/h6-12,15,17,22-23,35H,4-5,13-14,16H2,1-3H3,(H,28,33)(H,29,30)(H,31,32)/t22-,23-/m0/s1. The van der Waals surface area contributed by atoms with Crippen molar-refractivity contribution in [1.82, 2.24) is 10.6 Å². The normalized spacial score (nSPS) is 16.4. The fourth-order valence-electron chi connectivity index (χ4n) is 4.39. The monoisotopic (exact) mass is 498 g/mol. The van der Waals surface area contributed by atoms with Crippen molar-refractivity contribution in [2.24, 2.45) is 5.92 Å². The first-order chi connectivity index (χ1) is 16.6. The van der Waals surface area contributed by atoms with E-state index in [2.05, 4.69) is 23.3 Å². The van der Waals surface area contributed by atoms with Gasteiger partial charge in [0.15, 0.2) is 0 Å². The zero-order valence-corrected chi connectivity index (χ0v) is 21.3. The quantitative estimate of drug-likeness (QED) is 0.373. The van der Waals surface area contributed by atoms with Crippen molar-refractivity contribution < 1.29 is 24.2 Å². The number of methoxy groups -OCH3 is 1. The minimum Gasteiger partial charge on any atom is -0.497 e. The van der Waals surface area contributed by atoms with Crippen molar-refractivity contribution in [3.8, 4) is 16.9 Å². The first kappa shape index (κ1) is 26.6. The lowest BCUT2D eigenvalue weighted by Crippen LogP contribution is -2.61.